The van der Waals surface area contributed by atoms with E-state index in [4.69, 9.17) is 0 Å². The minimum atomic E-state index is 0.243. The molecule has 48 heavy (non-hydrogen) atoms. The maximum Gasteiger partial charge on any atom is 0.119 e. The fourth-order valence-electron chi connectivity index (χ4n) is 7.95. The summed E-state index contributed by atoms with van der Waals surface area (Å²) in [6.07, 6.45) is 31.4. The molecular formula is C46H86O2. The summed E-state index contributed by atoms with van der Waals surface area (Å²) in [5.41, 5.74) is 0.869. The number of benzene rings is 1. The quantitative estimate of drug-likeness (QED) is 0.0772. The van der Waals surface area contributed by atoms with Crippen molar-refractivity contribution in [3.05, 3.63) is 23.8 Å². The zero-order chi connectivity index (χ0) is 35.7. The third kappa shape index (κ3) is 24.9. The Kier molecular flexibility index (Phi) is 25.7. The average Bonchev–Trinajstić information content (AvgIpc) is 3.01. The van der Waals surface area contributed by atoms with Crippen LogP contribution in [0.3, 0.4) is 0 Å². The first-order chi connectivity index (χ1) is 22.8. The SMILES string of the molecule is CC(C)CCCC(C)CCCC(C)CCCC(C)CCCC(C)CCCC(C)CCCC(C)CCCC(C)CCc1cc(O)ccc1O. The van der Waals surface area contributed by atoms with Crippen LogP contribution >= 0.6 is 0 Å². The highest BCUT2D eigenvalue weighted by molar-refractivity contribution is 5.38. The van der Waals surface area contributed by atoms with E-state index in [-0.39, 0.29) is 5.75 Å². The van der Waals surface area contributed by atoms with Crippen LogP contribution in [0, 0.1) is 47.3 Å². The first-order valence-electron chi connectivity index (χ1n) is 21.4. The normalized spacial score (nSPS) is 16.5. The van der Waals surface area contributed by atoms with E-state index in [1.54, 1.807) is 18.2 Å². The van der Waals surface area contributed by atoms with E-state index >= 15 is 0 Å². The molecular weight excluding hydrogens is 585 g/mol. The molecule has 0 aliphatic carbocycles. The molecule has 7 atom stereocenters. The summed E-state index contributed by atoms with van der Waals surface area (Å²) >= 11 is 0. The van der Waals surface area contributed by atoms with Crippen molar-refractivity contribution in [2.24, 2.45) is 47.3 Å². The molecule has 0 saturated heterocycles. The van der Waals surface area contributed by atoms with Crippen molar-refractivity contribution in [3.63, 3.8) is 0 Å². The lowest BCUT2D eigenvalue weighted by Crippen LogP contribution is -2.03. The molecule has 0 fully saturated rings. The molecule has 7 unspecified atom stereocenters. The first-order valence-corrected chi connectivity index (χ1v) is 21.4. The Morgan fingerprint density at radius 1 is 0.375 bits per heavy atom. The highest BCUT2D eigenvalue weighted by Crippen LogP contribution is 2.28. The summed E-state index contributed by atoms with van der Waals surface area (Å²) in [6, 6.07) is 4.85. The molecule has 2 N–H and O–H groups in total. The van der Waals surface area contributed by atoms with Gasteiger partial charge >= 0.3 is 0 Å². The van der Waals surface area contributed by atoms with Crippen molar-refractivity contribution in [1.29, 1.82) is 0 Å². The van der Waals surface area contributed by atoms with Crippen LogP contribution in [0.5, 0.6) is 11.5 Å². The average molecular weight is 671 g/mol. The van der Waals surface area contributed by atoms with Gasteiger partial charge in [0.25, 0.3) is 0 Å². The van der Waals surface area contributed by atoms with Gasteiger partial charge in [0.15, 0.2) is 0 Å². The van der Waals surface area contributed by atoms with Crippen LogP contribution in [0.1, 0.15) is 209 Å². The van der Waals surface area contributed by atoms with Crippen LogP contribution in [0.2, 0.25) is 0 Å². The predicted molar refractivity (Wildman–Crippen MR) is 214 cm³/mol. The lowest BCUT2D eigenvalue weighted by molar-refractivity contribution is 0.354. The van der Waals surface area contributed by atoms with E-state index < -0.39 is 0 Å². The van der Waals surface area contributed by atoms with Crippen molar-refractivity contribution < 1.29 is 10.2 Å². The van der Waals surface area contributed by atoms with Gasteiger partial charge in [-0.3, -0.25) is 0 Å². The van der Waals surface area contributed by atoms with Crippen LogP contribution < -0.4 is 0 Å². The third-order valence-electron chi connectivity index (χ3n) is 11.8. The maximum atomic E-state index is 10.0. The highest BCUT2D eigenvalue weighted by Gasteiger charge is 2.12. The monoisotopic (exact) mass is 671 g/mol. The summed E-state index contributed by atoms with van der Waals surface area (Å²) in [5, 5.41) is 19.7. The summed E-state index contributed by atoms with van der Waals surface area (Å²) in [6.45, 7) is 21.9. The molecule has 0 aromatic heterocycles. The number of hydrogen-bond acceptors (Lipinski definition) is 2. The second-order valence-corrected chi connectivity index (χ2v) is 18.0. The molecule has 0 bridgehead atoms. The molecule has 0 spiro atoms. The summed E-state index contributed by atoms with van der Waals surface area (Å²) < 4.78 is 0. The third-order valence-corrected chi connectivity index (χ3v) is 11.8. The predicted octanol–water partition coefficient (Wildman–Crippen LogP) is 15.3. The van der Waals surface area contributed by atoms with E-state index in [2.05, 4.69) is 62.3 Å². The summed E-state index contributed by atoms with van der Waals surface area (Å²) in [5.74, 6) is 7.41. The fourth-order valence-corrected chi connectivity index (χ4v) is 7.95. The molecule has 1 aromatic rings. The van der Waals surface area contributed by atoms with Crippen molar-refractivity contribution >= 4 is 0 Å². The Morgan fingerprint density at radius 3 is 0.938 bits per heavy atom. The molecule has 1 aromatic carbocycles. The second-order valence-electron chi connectivity index (χ2n) is 18.0. The molecule has 0 aliphatic rings. The van der Waals surface area contributed by atoms with Gasteiger partial charge in [-0.25, -0.2) is 0 Å². The molecule has 0 radical (unpaired) electrons. The van der Waals surface area contributed by atoms with Crippen molar-refractivity contribution in [2.75, 3.05) is 0 Å². The molecule has 0 heterocycles. The van der Waals surface area contributed by atoms with Crippen molar-refractivity contribution in [2.45, 2.75) is 210 Å². The van der Waals surface area contributed by atoms with Crippen LogP contribution in [0.25, 0.3) is 0 Å². The van der Waals surface area contributed by atoms with E-state index in [9.17, 15) is 10.2 Å². The highest BCUT2D eigenvalue weighted by atomic mass is 16.3. The molecule has 0 saturated carbocycles. The van der Waals surface area contributed by atoms with Gasteiger partial charge in [-0.1, -0.05) is 197 Å². The van der Waals surface area contributed by atoms with Crippen molar-refractivity contribution in [3.8, 4) is 11.5 Å². The summed E-state index contributed by atoms with van der Waals surface area (Å²) in [4.78, 5) is 0. The maximum absolute atomic E-state index is 10.0. The van der Waals surface area contributed by atoms with Gasteiger partial charge in [0.05, 0.1) is 0 Å². The Hall–Kier alpha value is -1.18. The van der Waals surface area contributed by atoms with E-state index in [1.807, 2.05) is 0 Å². The number of hydrogen-bond donors (Lipinski definition) is 2. The number of aryl methyl sites for hydroxylation is 1. The summed E-state index contributed by atoms with van der Waals surface area (Å²) in [7, 11) is 0. The number of aromatic hydroxyl groups is 2. The minimum absolute atomic E-state index is 0.243. The Labute approximate surface area is 302 Å². The molecule has 1 rings (SSSR count). The van der Waals surface area contributed by atoms with E-state index in [1.165, 1.54) is 135 Å². The zero-order valence-corrected chi connectivity index (χ0v) is 34.0. The molecule has 282 valence electrons. The van der Waals surface area contributed by atoms with Crippen molar-refractivity contribution in [1.82, 2.24) is 0 Å². The lowest BCUT2D eigenvalue weighted by Gasteiger charge is -2.18. The van der Waals surface area contributed by atoms with Crippen LogP contribution in [-0.4, -0.2) is 10.2 Å². The van der Waals surface area contributed by atoms with E-state index in [0.29, 0.717) is 11.7 Å². The minimum Gasteiger partial charge on any atom is -0.508 e. The first kappa shape index (κ1) is 44.8. The fraction of sp³-hybridized carbons (Fsp3) is 0.870. The van der Waals surface area contributed by atoms with Gasteiger partial charge in [-0.15, -0.1) is 0 Å². The number of rotatable bonds is 31. The van der Waals surface area contributed by atoms with Gasteiger partial charge in [0.2, 0.25) is 0 Å². The number of phenolic OH excluding ortho intramolecular Hbond substituents is 2. The Balaban J connectivity index is 1.98. The molecule has 0 amide bonds. The number of phenols is 2. The van der Waals surface area contributed by atoms with Gasteiger partial charge < -0.3 is 10.2 Å². The zero-order valence-electron chi connectivity index (χ0n) is 34.0. The second kappa shape index (κ2) is 27.5. The standard InChI is InChI=1S/C46H86O2/c1-36(2)17-10-18-37(3)19-11-20-38(4)21-12-22-39(5)23-13-24-40(6)25-14-26-41(7)27-15-28-42(8)29-16-30-43(9)31-32-44-35-45(47)33-34-46(44)48/h33-43,47-48H,10-32H2,1-9H3. The van der Waals surface area contributed by atoms with Crippen LogP contribution in [0.4, 0.5) is 0 Å². The smallest absolute Gasteiger partial charge is 0.119 e. The van der Waals surface area contributed by atoms with Crippen LogP contribution in [-0.2, 0) is 6.42 Å². The lowest BCUT2D eigenvalue weighted by atomic mass is 9.88. The van der Waals surface area contributed by atoms with Gasteiger partial charge in [-0.2, -0.15) is 0 Å². The topological polar surface area (TPSA) is 40.5 Å². The molecule has 2 nitrogen and oxygen atoms in total. The largest absolute Gasteiger partial charge is 0.508 e. The van der Waals surface area contributed by atoms with Gasteiger partial charge in [0.1, 0.15) is 11.5 Å². The Bertz CT molecular complexity index is 877. The van der Waals surface area contributed by atoms with Crippen LogP contribution in [0.15, 0.2) is 18.2 Å². The van der Waals surface area contributed by atoms with Gasteiger partial charge in [-0.05, 0) is 83.9 Å². The van der Waals surface area contributed by atoms with E-state index in [0.717, 1.165) is 59.8 Å². The van der Waals surface area contributed by atoms with Gasteiger partial charge in [0, 0.05) is 0 Å². The Morgan fingerprint density at radius 2 is 0.646 bits per heavy atom. The molecule has 2 heteroatoms. The molecule has 0 aliphatic heterocycles.